The maximum Gasteiger partial charge on any atom is 0.165 e. The van der Waals surface area contributed by atoms with Crippen LogP contribution in [-0.2, 0) is 0 Å². The number of nitrogens with zero attached hydrogens (tertiary/aromatic N) is 2. The predicted octanol–water partition coefficient (Wildman–Crippen LogP) is 4.84. The number of halogens is 2. The minimum atomic E-state index is 0.343. The first kappa shape index (κ1) is 20.4. The Balaban J connectivity index is 3.17. The van der Waals surface area contributed by atoms with Gasteiger partial charge in [-0.3, -0.25) is 0 Å². The molecule has 0 aromatic heterocycles. The lowest BCUT2D eigenvalue weighted by Gasteiger charge is -2.19. The van der Waals surface area contributed by atoms with Crippen molar-refractivity contribution in [1.82, 2.24) is 0 Å². The Morgan fingerprint density at radius 2 is 1.12 bits per heavy atom. The lowest BCUT2D eigenvalue weighted by Crippen LogP contribution is -2.08. The molecular formula is C18H22Cl2N2O2. The molecule has 0 saturated carbocycles. The van der Waals surface area contributed by atoms with E-state index in [-0.39, 0.29) is 0 Å². The fourth-order valence-corrected chi connectivity index (χ4v) is 2.69. The molecule has 0 fully saturated rings. The number of nitriles is 2. The molecule has 0 N–H and O–H groups in total. The van der Waals surface area contributed by atoms with Crippen LogP contribution in [0.2, 0.25) is 0 Å². The van der Waals surface area contributed by atoms with Gasteiger partial charge in [-0.05, 0) is 39.5 Å². The molecule has 0 bridgehead atoms. The third-order valence-electron chi connectivity index (χ3n) is 3.66. The van der Waals surface area contributed by atoms with Gasteiger partial charge < -0.3 is 9.47 Å². The van der Waals surface area contributed by atoms with Crippen molar-refractivity contribution in [3.8, 4) is 23.6 Å². The lowest BCUT2D eigenvalue weighted by molar-refractivity contribution is 0.259. The first-order chi connectivity index (χ1) is 11.6. The number of unbranched alkanes of at least 4 members (excludes halogenated alkanes) is 2. The van der Waals surface area contributed by atoms with Gasteiger partial charge in [-0.2, -0.15) is 10.5 Å². The van der Waals surface area contributed by atoms with Gasteiger partial charge in [-0.25, -0.2) is 0 Å². The highest BCUT2D eigenvalue weighted by Gasteiger charge is 2.22. The summed E-state index contributed by atoms with van der Waals surface area (Å²) < 4.78 is 11.8. The van der Waals surface area contributed by atoms with Crippen molar-refractivity contribution >= 4 is 23.2 Å². The van der Waals surface area contributed by atoms with E-state index in [4.69, 9.17) is 32.7 Å². The van der Waals surface area contributed by atoms with Gasteiger partial charge in [0.2, 0.25) is 0 Å². The third-order valence-corrected chi connectivity index (χ3v) is 4.19. The molecule has 24 heavy (non-hydrogen) atoms. The number of alkyl halides is 2. The quantitative estimate of drug-likeness (QED) is 0.437. The summed E-state index contributed by atoms with van der Waals surface area (Å²) in [6, 6.07) is 4.21. The van der Waals surface area contributed by atoms with Crippen LogP contribution in [0.1, 0.15) is 47.9 Å². The van der Waals surface area contributed by atoms with Crippen molar-refractivity contribution < 1.29 is 9.47 Å². The van der Waals surface area contributed by atoms with Crippen LogP contribution in [0, 0.1) is 36.5 Å². The summed E-state index contributed by atoms with van der Waals surface area (Å²) in [6.07, 6.45) is 3.34. The normalized spacial score (nSPS) is 10.1. The van der Waals surface area contributed by atoms with Crippen LogP contribution in [0.25, 0.3) is 0 Å². The second-order valence-electron chi connectivity index (χ2n) is 5.37. The minimum Gasteiger partial charge on any atom is -0.489 e. The van der Waals surface area contributed by atoms with Crippen LogP contribution in [0.15, 0.2) is 0 Å². The maximum atomic E-state index is 9.40. The smallest absolute Gasteiger partial charge is 0.165 e. The van der Waals surface area contributed by atoms with Crippen LogP contribution < -0.4 is 9.47 Å². The van der Waals surface area contributed by atoms with E-state index in [0.717, 1.165) is 25.7 Å². The Hall–Kier alpha value is -1.62. The van der Waals surface area contributed by atoms with Gasteiger partial charge in [0.15, 0.2) is 11.5 Å². The van der Waals surface area contributed by atoms with Crippen LogP contribution in [0.3, 0.4) is 0 Å². The van der Waals surface area contributed by atoms with E-state index in [1.165, 1.54) is 0 Å². The van der Waals surface area contributed by atoms with Gasteiger partial charge in [0, 0.05) is 22.9 Å². The third kappa shape index (κ3) is 5.20. The zero-order valence-electron chi connectivity index (χ0n) is 14.1. The van der Waals surface area contributed by atoms with E-state index in [9.17, 15) is 10.5 Å². The first-order valence-electron chi connectivity index (χ1n) is 7.97. The molecule has 0 aliphatic rings. The van der Waals surface area contributed by atoms with Gasteiger partial charge in [0.25, 0.3) is 0 Å². The van der Waals surface area contributed by atoms with Crippen LogP contribution >= 0.6 is 23.2 Å². The Labute approximate surface area is 153 Å². The van der Waals surface area contributed by atoms with Crippen molar-refractivity contribution in [2.24, 2.45) is 0 Å². The Morgan fingerprint density at radius 1 is 0.750 bits per heavy atom. The van der Waals surface area contributed by atoms with Gasteiger partial charge in [-0.15, -0.1) is 23.2 Å². The van der Waals surface area contributed by atoms with Crippen molar-refractivity contribution in [2.75, 3.05) is 25.0 Å². The highest BCUT2D eigenvalue weighted by molar-refractivity contribution is 6.18. The number of rotatable bonds is 10. The summed E-state index contributed by atoms with van der Waals surface area (Å²) in [7, 11) is 0. The number of benzene rings is 1. The molecule has 0 heterocycles. The minimum absolute atomic E-state index is 0.343. The van der Waals surface area contributed by atoms with E-state index < -0.39 is 0 Å². The van der Waals surface area contributed by atoms with Crippen LogP contribution in [0.5, 0.6) is 11.5 Å². The van der Waals surface area contributed by atoms with Crippen molar-refractivity contribution in [3.63, 3.8) is 0 Å². The molecule has 6 heteroatoms. The largest absolute Gasteiger partial charge is 0.489 e. The second-order valence-corrected chi connectivity index (χ2v) is 6.13. The van der Waals surface area contributed by atoms with Crippen molar-refractivity contribution in [3.05, 3.63) is 22.3 Å². The standard InChI is InChI=1S/C18H22Cl2N2O2/c1-13-15(11-21)16(12-22)14(2)18(24-10-6-4-8-20)17(13)23-9-5-3-7-19/h3-10H2,1-2H3. The van der Waals surface area contributed by atoms with Crippen molar-refractivity contribution in [2.45, 2.75) is 39.5 Å². The SMILES string of the molecule is Cc1c(C#N)c(C#N)c(C)c(OCCCCCl)c1OCCCCCl. The molecule has 0 amide bonds. The number of ether oxygens (including phenoxy) is 2. The Kier molecular flexibility index (Phi) is 9.38. The molecule has 0 saturated heterocycles. The van der Waals surface area contributed by atoms with Crippen molar-refractivity contribution in [1.29, 1.82) is 10.5 Å². The van der Waals surface area contributed by atoms with Gasteiger partial charge in [0.05, 0.1) is 24.3 Å². The van der Waals surface area contributed by atoms with Crippen LogP contribution in [0.4, 0.5) is 0 Å². The fraction of sp³-hybridized carbons (Fsp3) is 0.556. The molecule has 130 valence electrons. The summed E-state index contributed by atoms with van der Waals surface area (Å²) in [5.41, 5.74) is 1.96. The summed E-state index contributed by atoms with van der Waals surface area (Å²) >= 11 is 11.4. The molecule has 1 aromatic carbocycles. The van der Waals surface area contributed by atoms with Gasteiger partial charge in [-0.1, -0.05) is 0 Å². The zero-order chi connectivity index (χ0) is 17.9. The average Bonchev–Trinajstić information content (AvgIpc) is 2.59. The van der Waals surface area contributed by atoms with E-state index >= 15 is 0 Å². The zero-order valence-corrected chi connectivity index (χ0v) is 15.6. The number of hydrogen-bond donors (Lipinski definition) is 0. The molecule has 1 rings (SSSR count). The van der Waals surface area contributed by atoms with Gasteiger partial charge >= 0.3 is 0 Å². The molecule has 0 radical (unpaired) electrons. The fourth-order valence-electron chi connectivity index (χ4n) is 2.31. The van der Waals surface area contributed by atoms with E-state index in [2.05, 4.69) is 12.1 Å². The average molecular weight is 369 g/mol. The maximum absolute atomic E-state index is 9.40. The molecule has 0 aliphatic carbocycles. The molecule has 0 atom stereocenters. The van der Waals surface area contributed by atoms with Crippen LogP contribution in [-0.4, -0.2) is 25.0 Å². The summed E-state index contributed by atoms with van der Waals surface area (Å²) in [4.78, 5) is 0. The monoisotopic (exact) mass is 368 g/mol. The van der Waals surface area contributed by atoms with E-state index in [1.54, 1.807) is 13.8 Å². The highest BCUT2D eigenvalue weighted by Crippen LogP contribution is 2.39. The predicted molar refractivity (Wildman–Crippen MR) is 96.2 cm³/mol. The first-order valence-corrected chi connectivity index (χ1v) is 9.04. The molecule has 0 aliphatic heterocycles. The highest BCUT2D eigenvalue weighted by atomic mass is 35.5. The molecule has 4 nitrogen and oxygen atoms in total. The number of hydrogen-bond acceptors (Lipinski definition) is 4. The summed E-state index contributed by atoms with van der Waals surface area (Å²) in [5, 5.41) is 18.8. The summed E-state index contributed by atoms with van der Waals surface area (Å²) in [6.45, 7) is 4.53. The van der Waals surface area contributed by atoms with Gasteiger partial charge in [0.1, 0.15) is 12.1 Å². The van der Waals surface area contributed by atoms with E-state index in [0.29, 0.717) is 58.7 Å². The Morgan fingerprint density at radius 3 is 1.42 bits per heavy atom. The summed E-state index contributed by atoms with van der Waals surface area (Å²) in [5.74, 6) is 2.26. The lowest BCUT2D eigenvalue weighted by atomic mass is 9.96. The molecular weight excluding hydrogens is 347 g/mol. The molecule has 0 unspecified atom stereocenters. The second kappa shape index (κ2) is 11.0. The molecule has 0 spiro atoms. The molecule has 1 aromatic rings. The van der Waals surface area contributed by atoms with E-state index in [1.807, 2.05) is 0 Å². The Bertz CT molecular complexity index is 579. The topological polar surface area (TPSA) is 66.0 Å².